The monoisotopic (exact) mass is 290 g/mol. The molecular weight excluding hydrogens is 283 g/mol. The van der Waals surface area contributed by atoms with Gasteiger partial charge in [-0.3, -0.25) is 9.59 Å². The van der Waals surface area contributed by atoms with Crippen molar-refractivity contribution in [2.24, 2.45) is 0 Å². The Balaban J connectivity index is 2.84. The van der Waals surface area contributed by atoms with Crippen molar-refractivity contribution in [1.29, 1.82) is 0 Å². The third-order valence-corrected chi connectivity index (χ3v) is 2.30. The largest absolute Gasteiger partial charge is 0.426 e. The maximum Gasteiger partial charge on any atom is 0.312 e. The lowest BCUT2D eigenvalue weighted by molar-refractivity contribution is -0.133. The van der Waals surface area contributed by atoms with Crippen molar-refractivity contribution in [1.82, 2.24) is 0 Å². The van der Waals surface area contributed by atoms with E-state index in [1.807, 2.05) is 0 Å². The molecule has 0 saturated carbocycles. The number of rotatable bonds is 4. The molecule has 0 aliphatic rings. The van der Waals surface area contributed by atoms with Crippen molar-refractivity contribution in [3.63, 3.8) is 0 Å². The van der Waals surface area contributed by atoms with E-state index in [4.69, 9.17) is 16.3 Å². The highest BCUT2D eigenvalue weighted by molar-refractivity contribution is 9.10. The third kappa shape index (κ3) is 3.64. The molecule has 0 saturated heterocycles. The molecule has 0 spiro atoms. The van der Waals surface area contributed by atoms with E-state index in [-0.39, 0.29) is 18.1 Å². The molecule has 0 N–H and O–H groups in total. The molecule has 0 amide bonds. The number of alkyl halides is 1. The highest BCUT2D eigenvalue weighted by atomic mass is 79.9. The van der Waals surface area contributed by atoms with E-state index in [0.29, 0.717) is 11.8 Å². The highest BCUT2D eigenvalue weighted by Gasteiger charge is 2.08. The lowest BCUT2D eigenvalue weighted by Gasteiger charge is -2.05. The minimum Gasteiger partial charge on any atom is -0.426 e. The number of hydrogen-bond donors (Lipinski definition) is 0. The van der Waals surface area contributed by atoms with E-state index >= 15 is 0 Å². The van der Waals surface area contributed by atoms with Crippen LogP contribution >= 0.6 is 27.5 Å². The van der Waals surface area contributed by atoms with Gasteiger partial charge in [0.2, 0.25) is 0 Å². The standard InChI is InChI=1S/C10H8BrClO3/c11-8-1-2-9(7(5-8)6-13)15-10(14)3-4-12/h1-2,5-6H,3-4H2. The van der Waals surface area contributed by atoms with Gasteiger partial charge in [0.25, 0.3) is 0 Å². The normalized spacial score (nSPS) is 9.73. The first-order chi connectivity index (χ1) is 7.17. The van der Waals surface area contributed by atoms with Crippen LogP contribution in [0.1, 0.15) is 16.8 Å². The number of carbonyl (C=O) groups excluding carboxylic acids is 2. The van der Waals surface area contributed by atoms with Crippen molar-refractivity contribution in [3.05, 3.63) is 28.2 Å². The maximum absolute atomic E-state index is 11.1. The Kier molecular flexibility index (Phi) is 4.78. The fourth-order valence-corrected chi connectivity index (χ4v) is 1.49. The van der Waals surface area contributed by atoms with Gasteiger partial charge in [-0.15, -0.1) is 11.6 Å². The van der Waals surface area contributed by atoms with E-state index in [0.717, 1.165) is 4.47 Å². The van der Waals surface area contributed by atoms with Crippen LogP contribution in [0.5, 0.6) is 5.75 Å². The molecule has 0 radical (unpaired) electrons. The van der Waals surface area contributed by atoms with Gasteiger partial charge in [0.05, 0.1) is 12.0 Å². The number of esters is 1. The molecule has 1 aromatic rings. The summed E-state index contributed by atoms with van der Waals surface area (Å²) in [4.78, 5) is 21.8. The van der Waals surface area contributed by atoms with Gasteiger partial charge in [-0.25, -0.2) is 0 Å². The summed E-state index contributed by atoms with van der Waals surface area (Å²) in [6, 6.07) is 4.83. The number of benzene rings is 1. The summed E-state index contributed by atoms with van der Waals surface area (Å²) in [6.45, 7) is 0. The Morgan fingerprint density at radius 2 is 2.27 bits per heavy atom. The van der Waals surface area contributed by atoms with Crippen LogP contribution in [0.15, 0.2) is 22.7 Å². The molecule has 0 aliphatic carbocycles. The van der Waals surface area contributed by atoms with Crippen LogP contribution in [-0.2, 0) is 4.79 Å². The minimum atomic E-state index is -0.449. The minimum absolute atomic E-state index is 0.121. The van der Waals surface area contributed by atoms with Gasteiger partial charge in [0.1, 0.15) is 5.75 Å². The Labute approximate surface area is 100 Å². The molecule has 5 heteroatoms. The van der Waals surface area contributed by atoms with E-state index in [2.05, 4.69) is 15.9 Å². The zero-order chi connectivity index (χ0) is 11.3. The first-order valence-corrected chi connectivity index (χ1v) is 5.51. The number of hydrogen-bond acceptors (Lipinski definition) is 3. The van der Waals surface area contributed by atoms with Gasteiger partial charge in [0.15, 0.2) is 6.29 Å². The molecule has 0 fully saturated rings. The zero-order valence-corrected chi connectivity index (χ0v) is 10.0. The zero-order valence-electron chi connectivity index (χ0n) is 7.70. The Morgan fingerprint density at radius 1 is 1.53 bits per heavy atom. The van der Waals surface area contributed by atoms with E-state index in [9.17, 15) is 9.59 Å². The third-order valence-electron chi connectivity index (χ3n) is 1.62. The van der Waals surface area contributed by atoms with Gasteiger partial charge in [-0.1, -0.05) is 15.9 Å². The second-order valence-corrected chi connectivity index (χ2v) is 4.01. The van der Waals surface area contributed by atoms with Crippen LogP contribution in [0.3, 0.4) is 0 Å². The molecular formula is C10H8BrClO3. The average Bonchev–Trinajstić information content (AvgIpc) is 2.21. The molecule has 0 aliphatic heterocycles. The maximum atomic E-state index is 11.1. The number of ether oxygens (including phenoxy) is 1. The summed E-state index contributed by atoms with van der Waals surface area (Å²) < 4.78 is 5.71. The smallest absolute Gasteiger partial charge is 0.312 e. The van der Waals surface area contributed by atoms with Gasteiger partial charge in [0, 0.05) is 10.4 Å². The molecule has 0 atom stereocenters. The van der Waals surface area contributed by atoms with Crippen LogP contribution in [0.4, 0.5) is 0 Å². The van der Waals surface area contributed by atoms with Gasteiger partial charge in [-0.2, -0.15) is 0 Å². The van der Waals surface area contributed by atoms with Gasteiger partial charge >= 0.3 is 5.97 Å². The quantitative estimate of drug-likeness (QED) is 0.371. The molecule has 80 valence electrons. The van der Waals surface area contributed by atoms with Gasteiger partial charge in [-0.05, 0) is 18.2 Å². The first-order valence-electron chi connectivity index (χ1n) is 4.18. The van der Waals surface area contributed by atoms with Crippen LogP contribution in [0.25, 0.3) is 0 Å². The van der Waals surface area contributed by atoms with Crippen molar-refractivity contribution in [2.45, 2.75) is 6.42 Å². The van der Waals surface area contributed by atoms with Crippen LogP contribution < -0.4 is 4.74 Å². The van der Waals surface area contributed by atoms with E-state index in [1.165, 1.54) is 0 Å². The SMILES string of the molecule is O=Cc1cc(Br)ccc1OC(=O)CCCl. The summed E-state index contributed by atoms with van der Waals surface area (Å²) in [6.07, 6.45) is 0.754. The lowest BCUT2D eigenvalue weighted by atomic mass is 10.2. The Morgan fingerprint density at radius 3 is 2.87 bits per heavy atom. The number of aldehydes is 1. The Bertz CT molecular complexity index is 379. The fourth-order valence-electron chi connectivity index (χ4n) is 0.955. The molecule has 3 nitrogen and oxygen atoms in total. The van der Waals surface area contributed by atoms with Crippen molar-refractivity contribution >= 4 is 39.8 Å². The summed E-state index contributed by atoms with van der Waals surface area (Å²) in [7, 11) is 0. The van der Waals surface area contributed by atoms with E-state index < -0.39 is 5.97 Å². The van der Waals surface area contributed by atoms with Crippen molar-refractivity contribution in [2.75, 3.05) is 5.88 Å². The lowest BCUT2D eigenvalue weighted by Crippen LogP contribution is -2.09. The van der Waals surface area contributed by atoms with E-state index in [1.54, 1.807) is 18.2 Å². The number of carbonyl (C=O) groups is 2. The summed E-state index contributed by atoms with van der Waals surface area (Å²) in [5.41, 5.74) is 0.326. The Hall–Kier alpha value is -0.870. The number of halogens is 2. The fraction of sp³-hybridized carbons (Fsp3) is 0.200. The van der Waals surface area contributed by atoms with Crippen molar-refractivity contribution < 1.29 is 14.3 Å². The van der Waals surface area contributed by atoms with Crippen LogP contribution in [0.2, 0.25) is 0 Å². The topological polar surface area (TPSA) is 43.4 Å². The predicted octanol–water partition coefficient (Wildman–Crippen LogP) is 2.80. The molecule has 0 unspecified atom stereocenters. The summed E-state index contributed by atoms with van der Waals surface area (Å²) >= 11 is 8.60. The molecule has 1 rings (SSSR count). The molecule has 0 heterocycles. The van der Waals surface area contributed by atoms with Crippen molar-refractivity contribution in [3.8, 4) is 5.75 Å². The highest BCUT2D eigenvalue weighted by Crippen LogP contribution is 2.22. The molecule has 15 heavy (non-hydrogen) atoms. The molecule has 0 bridgehead atoms. The molecule has 0 aromatic heterocycles. The average molecular weight is 292 g/mol. The second-order valence-electron chi connectivity index (χ2n) is 2.71. The first kappa shape index (κ1) is 12.2. The van der Waals surface area contributed by atoms with Crippen LogP contribution in [-0.4, -0.2) is 18.1 Å². The van der Waals surface area contributed by atoms with Gasteiger partial charge < -0.3 is 4.74 Å². The van der Waals surface area contributed by atoms with Crippen LogP contribution in [0, 0.1) is 0 Å². The summed E-state index contributed by atoms with van der Waals surface area (Å²) in [5.74, 6) is 0.00457. The second kappa shape index (κ2) is 5.88. The predicted molar refractivity (Wildman–Crippen MR) is 60.5 cm³/mol. The summed E-state index contributed by atoms with van der Waals surface area (Å²) in [5, 5.41) is 0. The molecule has 1 aromatic carbocycles.